The van der Waals surface area contributed by atoms with Gasteiger partial charge in [0.1, 0.15) is 22.7 Å². The van der Waals surface area contributed by atoms with Crippen LogP contribution in [-0.2, 0) is 26.5 Å². The van der Waals surface area contributed by atoms with Crippen LogP contribution in [0.1, 0.15) is 128 Å². The molecule has 0 atom stereocenters. The van der Waals surface area contributed by atoms with Gasteiger partial charge in [-0.2, -0.15) is 0 Å². The first-order valence-corrected chi connectivity index (χ1v) is 24.0. The molecule has 0 bridgehead atoms. The molecule has 0 unspecified atom stereocenters. The molecule has 5 nitrogen and oxygen atoms in total. The SMILES string of the molecule is CC(C)c1cccc(C(C)C)c1-c1ccnc(-c2[c-]c(-c3cccc4c3nc(-c3cc5c(cc3O)oc3c6ccccc6ccc53)n4-c3c(C(C)C)cc(C(C)(C)C)cc3C(C)C)ccc2)c1.[Pt]. The fourth-order valence-electron chi connectivity index (χ4n) is 10.1. The van der Waals surface area contributed by atoms with Crippen LogP contribution in [0.25, 0.3) is 94.3 Å². The minimum Gasteiger partial charge on any atom is -0.507 e. The molecule has 3 heterocycles. The Bertz CT molecular complexity index is 3490. The van der Waals surface area contributed by atoms with E-state index < -0.39 is 0 Å². The monoisotopic (exact) mass is 1070 g/mol. The molecule has 346 valence electrons. The maximum atomic E-state index is 12.2. The minimum atomic E-state index is -0.0572. The predicted molar refractivity (Wildman–Crippen MR) is 281 cm³/mol. The molecule has 0 spiro atoms. The Kier molecular flexibility index (Phi) is 12.4. The summed E-state index contributed by atoms with van der Waals surface area (Å²) in [5, 5.41) is 16.3. The summed E-state index contributed by atoms with van der Waals surface area (Å²) in [5.41, 5.74) is 17.5. The van der Waals surface area contributed by atoms with Gasteiger partial charge in [-0.05, 0) is 97.7 Å². The molecular formula is C62H60N3O2Pt-. The molecule has 0 amide bonds. The third kappa shape index (κ3) is 8.07. The predicted octanol–water partition coefficient (Wildman–Crippen LogP) is 17.4. The van der Waals surface area contributed by atoms with Crippen molar-refractivity contribution < 1.29 is 30.6 Å². The number of benzene rings is 7. The summed E-state index contributed by atoms with van der Waals surface area (Å²) in [4.78, 5) is 10.6. The number of para-hydroxylation sites is 1. The van der Waals surface area contributed by atoms with E-state index in [4.69, 9.17) is 14.4 Å². The number of phenolic OH excluding ortho intramolecular Hbond substituents is 1. The average Bonchev–Trinajstić information content (AvgIpc) is 3.88. The molecule has 0 saturated heterocycles. The van der Waals surface area contributed by atoms with Crippen molar-refractivity contribution in [1.82, 2.24) is 14.5 Å². The number of hydrogen-bond donors (Lipinski definition) is 1. The smallest absolute Gasteiger partial charge is 0.148 e. The van der Waals surface area contributed by atoms with Crippen molar-refractivity contribution >= 4 is 43.7 Å². The van der Waals surface area contributed by atoms with E-state index in [0.29, 0.717) is 28.8 Å². The van der Waals surface area contributed by atoms with Crippen molar-refractivity contribution in [3.63, 3.8) is 0 Å². The zero-order chi connectivity index (χ0) is 47.1. The summed E-state index contributed by atoms with van der Waals surface area (Å²) in [6.45, 7) is 25.0. The van der Waals surface area contributed by atoms with Crippen LogP contribution in [0, 0.1) is 6.07 Å². The van der Waals surface area contributed by atoms with Gasteiger partial charge in [-0.15, -0.1) is 29.8 Å². The van der Waals surface area contributed by atoms with Crippen LogP contribution in [-0.4, -0.2) is 19.6 Å². The van der Waals surface area contributed by atoms with Gasteiger partial charge in [0.05, 0.1) is 22.3 Å². The number of phenols is 1. The van der Waals surface area contributed by atoms with E-state index in [2.05, 4.69) is 196 Å². The first kappa shape index (κ1) is 46.8. The van der Waals surface area contributed by atoms with Crippen LogP contribution in [0.3, 0.4) is 0 Å². The van der Waals surface area contributed by atoms with Crippen LogP contribution in [0.2, 0.25) is 0 Å². The number of nitrogens with zero attached hydrogens (tertiary/aromatic N) is 3. The van der Waals surface area contributed by atoms with Gasteiger partial charge in [-0.3, -0.25) is 9.55 Å². The molecule has 68 heavy (non-hydrogen) atoms. The van der Waals surface area contributed by atoms with E-state index in [1.165, 1.54) is 33.4 Å². The Morgan fingerprint density at radius 2 is 1.25 bits per heavy atom. The summed E-state index contributed by atoms with van der Waals surface area (Å²) < 4.78 is 8.87. The molecule has 0 saturated carbocycles. The van der Waals surface area contributed by atoms with Crippen molar-refractivity contribution in [2.24, 2.45) is 0 Å². The zero-order valence-corrected chi connectivity index (χ0v) is 43.3. The molecule has 6 heteroatoms. The molecule has 0 radical (unpaired) electrons. The number of hydrogen-bond acceptors (Lipinski definition) is 4. The quantitative estimate of drug-likeness (QED) is 0.146. The number of aromatic hydroxyl groups is 1. The maximum absolute atomic E-state index is 12.2. The summed E-state index contributed by atoms with van der Waals surface area (Å²) >= 11 is 0. The van der Waals surface area contributed by atoms with Crippen LogP contribution >= 0.6 is 0 Å². The van der Waals surface area contributed by atoms with E-state index in [1.807, 2.05) is 18.3 Å². The third-order valence-corrected chi connectivity index (χ3v) is 13.7. The van der Waals surface area contributed by atoms with E-state index in [1.54, 1.807) is 6.07 Å². The molecule has 1 N–H and O–H groups in total. The topological polar surface area (TPSA) is 64.1 Å². The van der Waals surface area contributed by atoms with Crippen molar-refractivity contribution in [1.29, 1.82) is 0 Å². The van der Waals surface area contributed by atoms with Crippen LogP contribution in [0.15, 0.2) is 138 Å². The first-order valence-electron chi connectivity index (χ1n) is 24.0. The summed E-state index contributed by atoms with van der Waals surface area (Å²) in [6.07, 6.45) is 1.93. The second kappa shape index (κ2) is 18.0. The van der Waals surface area contributed by atoms with Crippen LogP contribution < -0.4 is 0 Å². The number of imidazole rings is 1. The maximum Gasteiger partial charge on any atom is 0.148 e. The molecule has 0 aliphatic rings. The average molecular weight is 1070 g/mol. The van der Waals surface area contributed by atoms with Crippen molar-refractivity contribution in [3.8, 4) is 56.3 Å². The number of aromatic nitrogens is 3. The van der Waals surface area contributed by atoms with E-state index in [-0.39, 0.29) is 44.1 Å². The molecule has 0 aliphatic heterocycles. The van der Waals surface area contributed by atoms with Gasteiger partial charge >= 0.3 is 0 Å². The fraction of sp³-hybridized carbons (Fsp3) is 0.258. The van der Waals surface area contributed by atoms with E-state index in [0.717, 1.165) is 71.8 Å². The molecular weight excluding hydrogens is 1010 g/mol. The van der Waals surface area contributed by atoms with Gasteiger partial charge in [0.15, 0.2) is 0 Å². The Balaban J connectivity index is 0.00000578. The van der Waals surface area contributed by atoms with E-state index in [9.17, 15) is 5.11 Å². The van der Waals surface area contributed by atoms with Crippen LogP contribution in [0.5, 0.6) is 5.75 Å². The van der Waals surface area contributed by atoms with Gasteiger partial charge in [0.25, 0.3) is 0 Å². The molecule has 7 aromatic carbocycles. The minimum absolute atomic E-state index is 0. The first-order chi connectivity index (χ1) is 32.1. The van der Waals surface area contributed by atoms with Gasteiger partial charge in [-0.25, -0.2) is 4.98 Å². The van der Waals surface area contributed by atoms with Gasteiger partial charge in [0.2, 0.25) is 0 Å². The Morgan fingerprint density at radius 3 is 1.93 bits per heavy atom. The van der Waals surface area contributed by atoms with Gasteiger partial charge < -0.3 is 9.52 Å². The summed E-state index contributed by atoms with van der Waals surface area (Å²) in [5.74, 6) is 1.92. The fourth-order valence-corrected chi connectivity index (χ4v) is 10.1. The molecule has 0 fully saturated rings. The van der Waals surface area contributed by atoms with Crippen molar-refractivity contribution in [2.75, 3.05) is 0 Å². The largest absolute Gasteiger partial charge is 0.507 e. The van der Waals surface area contributed by atoms with Gasteiger partial charge in [-0.1, -0.05) is 166 Å². The van der Waals surface area contributed by atoms with Crippen molar-refractivity contribution in [2.45, 2.75) is 105 Å². The summed E-state index contributed by atoms with van der Waals surface area (Å²) in [7, 11) is 0. The second-order valence-electron chi connectivity index (χ2n) is 20.7. The molecule has 3 aromatic heterocycles. The zero-order valence-electron chi connectivity index (χ0n) is 41.0. The molecule has 10 aromatic rings. The number of rotatable bonds is 9. The third-order valence-electron chi connectivity index (χ3n) is 13.7. The number of furan rings is 1. The summed E-state index contributed by atoms with van der Waals surface area (Å²) in [6, 6.07) is 48.8. The Hall–Kier alpha value is -6.29. The molecule has 0 aliphatic carbocycles. The van der Waals surface area contributed by atoms with Gasteiger partial charge in [0, 0.05) is 55.2 Å². The standard InChI is InChI=1S/C62H60N3O2.Pt/c1-35(2)44-21-15-22-45(36(3)4)57(44)42-27-28-63-53(30-42)41-19-14-18-40(29-41)46-23-16-24-54-58(46)64-61(65(54)59-49(37(5)6)31-43(62(9,10)11)32-50(59)38(7)8)52-33-51-48-26-25-39-17-12-13-20-47(39)60(48)67-56(51)34-55(52)66;/h12-28,30-38,66H,1-11H3;/q-1;. The molecule has 10 rings (SSSR count). The van der Waals surface area contributed by atoms with Crippen LogP contribution in [0.4, 0.5) is 0 Å². The second-order valence-corrected chi connectivity index (χ2v) is 20.7. The van der Waals surface area contributed by atoms with Crippen molar-refractivity contribution in [3.05, 3.63) is 167 Å². The number of pyridine rings is 1. The normalized spacial score (nSPS) is 12.2. The Morgan fingerprint density at radius 1 is 0.603 bits per heavy atom. The number of fused-ring (bicyclic) bond motifs is 6. The Labute approximate surface area is 415 Å². The van der Waals surface area contributed by atoms with E-state index >= 15 is 0 Å².